The first-order valence-electron chi connectivity index (χ1n) is 6.68. The number of benzene rings is 1. The van der Waals surface area contributed by atoms with Gasteiger partial charge < -0.3 is 19.6 Å². The van der Waals surface area contributed by atoms with E-state index in [1.165, 1.54) is 29.0 Å². The summed E-state index contributed by atoms with van der Waals surface area (Å²) in [6, 6.07) is 6.12. The maximum absolute atomic E-state index is 12.3. The topological polar surface area (TPSA) is 87.1 Å². The van der Waals surface area contributed by atoms with Crippen LogP contribution in [0.1, 0.15) is 20.7 Å². The molecule has 0 heterocycles. The molecule has 22 heavy (non-hydrogen) atoms. The number of carbonyl (C=O) groups excluding carboxylic acids is 2. The van der Waals surface area contributed by atoms with Crippen molar-refractivity contribution in [3.63, 3.8) is 0 Å². The van der Waals surface area contributed by atoms with E-state index in [9.17, 15) is 14.4 Å². The van der Waals surface area contributed by atoms with Crippen LogP contribution in [0.25, 0.3) is 0 Å². The summed E-state index contributed by atoms with van der Waals surface area (Å²) in [5.74, 6) is -1.67. The van der Waals surface area contributed by atoms with Crippen molar-refractivity contribution in [2.45, 2.75) is 0 Å². The molecule has 7 nitrogen and oxygen atoms in total. The molecule has 0 radical (unpaired) electrons. The van der Waals surface area contributed by atoms with Gasteiger partial charge in [0.25, 0.3) is 11.8 Å². The zero-order chi connectivity index (χ0) is 16.7. The van der Waals surface area contributed by atoms with Gasteiger partial charge in [0.05, 0.1) is 6.61 Å². The van der Waals surface area contributed by atoms with Crippen molar-refractivity contribution < 1.29 is 24.2 Å². The molecule has 2 amide bonds. The summed E-state index contributed by atoms with van der Waals surface area (Å²) in [5, 5.41) is 8.87. The summed E-state index contributed by atoms with van der Waals surface area (Å²) < 4.78 is 4.88. The highest BCUT2D eigenvalue weighted by Crippen LogP contribution is 2.09. The van der Waals surface area contributed by atoms with E-state index in [1.807, 2.05) is 0 Å². The fraction of sp³-hybridized carbons (Fsp3) is 0.400. The Morgan fingerprint density at radius 1 is 1.05 bits per heavy atom. The second kappa shape index (κ2) is 8.14. The third kappa shape index (κ3) is 4.85. The quantitative estimate of drug-likeness (QED) is 0.795. The van der Waals surface area contributed by atoms with Gasteiger partial charge in [-0.1, -0.05) is 0 Å². The van der Waals surface area contributed by atoms with Crippen molar-refractivity contribution >= 4 is 17.8 Å². The van der Waals surface area contributed by atoms with Gasteiger partial charge in [-0.3, -0.25) is 14.4 Å². The van der Waals surface area contributed by atoms with E-state index in [-0.39, 0.29) is 19.1 Å². The fourth-order valence-electron chi connectivity index (χ4n) is 1.81. The van der Waals surface area contributed by atoms with Crippen LogP contribution in [-0.4, -0.2) is 73.6 Å². The van der Waals surface area contributed by atoms with Gasteiger partial charge in [0.15, 0.2) is 0 Å². The van der Waals surface area contributed by atoms with E-state index in [4.69, 9.17) is 9.84 Å². The highest BCUT2D eigenvalue weighted by molar-refractivity contribution is 5.98. The third-order valence-electron chi connectivity index (χ3n) is 2.96. The Kier molecular flexibility index (Phi) is 6.52. The van der Waals surface area contributed by atoms with Crippen LogP contribution in [0, 0.1) is 0 Å². The number of carboxylic acids is 1. The van der Waals surface area contributed by atoms with Crippen LogP contribution in [-0.2, 0) is 9.53 Å². The first-order valence-corrected chi connectivity index (χ1v) is 6.68. The Bertz CT molecular complexity index is 539. The molecule has 1 N–H and O–H groups in total. The molecule has 0 fully saturated rings. The van der Waals surface area contributed by atoms with E-state index in [0.717, 1.165) is 0 Å². The average Bonchev–Trinajstić information content (AvgIpc) is 2.49. The molecule has 1 aromatic carbocycles. The Balaban J connectivity index is 2.89. The van der Waals surface area contributed by atoms with Gasteiger partial charge in [-0.2, -0.15) is 0 Å². The van der Waals surface area contributed by atoms with Crippen LogP contribution in [0.2, 0.25) is 0 Å². The molecule has 0 saturated heterocycles. The number of ether oxygens (including phenoxy) is 1. The van der Waals surface area contributed by atoms with Crippen molar-refractivity contribution in [1.82, 2.24) is 9.80 Å². The largest absolute Gasteiger partial charge is 0.480 e. The minimum absolute atomic E-state index is 0.166. The van der Waals surface area contributed by atoms with Crippen LogP contribution in [0.3, 0.4) is 0 Å². The summed E-state index contributed by atoms with van der Waals surface area (Å²) >= 11 is 0. The van der Waals surface area contributed by atoms with Gasteiger partial charge in [0, 0.05) is 38.9 Å². The van der Waals surface area contributed by atoms with Gasteiger partial charge in [-0.15, -0.1) is 0 Å². The Hall–Kier alpha value is -2.41. The number of amides is 2. The number of methoxy groups -OCH3 is 1. The van der Waals surface area contributed by atoms with Gasteiger partial charge in [-0.25, -0.2) is 0 Å². The number of rotatable bonds is 7. The fourth-order valence-corrected chi connectivity index (χ4v) is 1.81. The Labute approximate surface area is 129 Å². The number of hydrogen-bond acceptors (Lipinski definition) is 4. The SMILES string of the molecule is COCCN(CC(=O)O)C(=O)c1ccc(C(=O)N(C)C)cc1. The van der Waals surface area contributed by atoms with Gasteiger partial charge in [-0.05, 0) is 24.3 Å². The third-order valence-corrected chi connectivity index (χ3v) is 2.96. The number of carbonyl (C=O) groups is 3. The molecule has 1 rings (SSSR count). The predicted octanol–water partition coefficient (Wildman–Crippen LogP) is 0.562. The lowest BCUT2D eigenvalue weighted by atomic mass is 10.1. The molecule has 120 valence electrons. The van der Waals surface area contributed by atoms with E-state index >= 15 is 0 Å². The molecule has 0 aromatic heterocycles. The summed E-state index contributed by atoms with van der Waals surface area (Å²) in [4.78, 5) is 37.6. The second-order valence-electron chi connectivity index (χ2n) is 4.89. The van der Waals surface area contributed by atoms with Crippen LogP contribution in [0.15, 0.2) is 24.3 Å². The zero-order valence-electron chi connectivity index (χ0n) is 12.9. The van der Waals surface area contributed by atoms with E-state index in [2.05, 4.69) is 0 Å². The standard InChI is InChI=1S/C15H20N2O5/c1-16(2)14(20)11-4-6-12(7-5-11)15(21)17(8-9-22-3)10-13(18)19/h4-7H,8-10H2,1-3H3,(H,18,19). The molecule has 0 bridgehead atoms. The molecular formula is C15H20N2O5. The molecule has 0 aliphatic rings. The average molecular weight is 308 g/mol. The first kappa shape index (κ1) is 17.6. The summed E-state index contributed by atoms with van der Waals surface area (Å²) in [7, 11) is 4.76. The Morgan fingerprint density at radius 2 is 1.55 bits per heavy atom. The Morgan fingerprint density at radius 3 is 1.95 bits per heavy atom. The van der Waals surface area contributed by atoms with Crippen molar-refractivity contribution in [2.24, 2.45) is 0 Å². The molecule has 1 aromatic rings. The minimum Gasteiger partial charge on any atom is -0.480 e. The van der Waals surface area contributed by atoms with E-state index in [0.29, 0.717) is 11.1 Å². The maximum Gasteiger partial charge on any atom is 0.323 e. The lowest BCUT2D eigenvalue weighted by molar-refractivity contribution is -0.137. The van der Waals surface area contributed by atoms with Crippen LogP contribution >= 0.6 is 0 Å². The van der Waals surface area contributed by atoms with Crippen LogP contribution in [0.5, 0.6) is 0 Å². The van der Waals surface area contributed by atoms with E-state index < -0.39 is 18.4 Å². The first-order chi connectivity index (χ1) is 10.4. The highest BCUT2D eigenvalue weighted by Gasteiger charge is 2.19. The van der Waals surface area contributed by atoms with Crippen molar-refractivity contribution in [3.8, 4) is 0 Å². The molecule has 0 aliphatic heterocycles. The minimum atomic E-state index is -1.09. The number of hydrogen-bond donors (Lipinski definition) is 1. The summed E-state index contributed by atoms with van der Waals surface area (Å²) in [6.45, 7) is 0.0246. The molecular weight excluding hydrogens is 288 g/mol. The number of carboxylic acid groups (broad SMARTS) is 1. The van der Waals surface area contributed by atoms with Gasteiger partial charge >= 0.3 is 5.97 Å². The van der Waals surface area contributed by atoms with Gasteiger partial charge in [0.2, 0.25) is 0 Å². The molecule has 0 atom stereocenters. The summed E-state index contributed by atoms with van der Waals surface area (Å²) in [6.07, 6.45) is 0. The van der Waals surface area contributed by atoms with Gasteiger partial charge in [0.1, 0.15) is 6.54 Å². The smallest absolute Gasteiger partial charge is 0.323 e. The normalized spacial score (nSPS) is 10.1. The van der Waals surface area contributed by atoms with Crippen LogP contribution in [0.4, 0.5) is 0 Å². The molecule has 0 spiro atoms. The monoisotopic (exact) mass is 308 g/mol. The molecule has 7 heteroatoms. The van der Waals surface area contributed by atoms with Crippen molar-refractivity contribution in [2.75, 3.05) is 40.9 Å². The highest BCUT2D eigenvalue weighted by atomic mass is 16.5. The van der Waals surface area contributed by atoms with Crippen molar-refractivity contribution in [1.29, 1.82) is 0 Å². The lowest BCUT2D eigenvalue weighted by Gasteiger charge is -2.20. The molecule has 0 aliphatic carbocycles. The maximum atomic E-state index is 12.3. The van der Waals surface area contributed by atoms with Crippen LogP contribution < -0.4 is 0 Å². The second-order valence-corrected chi connectivity index (χ2v) is 4.89. The van der Waals surface area contributed by atoms with Crippen molar-refractivity contribution in [3.05, 3.63) is 35.4 Å². The molecule has 0 unspecified atom stereocenters. The lowest BCUT2D eigenvalue weighted by Crippen LogP contribution is -2.38. The number of nitrogens with zero attached hydrogens (tertiary/aromatic N) is 2. The number of aliphatic carboxylic acids is 1. The molecule has 0 saturated carbocycles. The van der Waals surface area contributed by atoms with E-state index in [1.54, 1.807) is 26.2 Å². The summed E-state index contributed by atoms with van der Waals surface area (Å²) in [5.41, 5.74) is 0.788. The zero-order valence-corrected chi connectivity index (χ0v) is 12.9. The predicted molar refractivity (Wildman–Crippen MR) is 79.9 cm³/mol.